The Morgan fingerprint density at radius 3 is 2.29 bits per heavy atom. The second kappa shape index (κ2) is 12.1. The standard InChI is InChI=1S/C26H29F2N5O5/c1-35-19-12-20(36-2)22(28)17(21(19)27)9-7-15-13-29-25(30-14-15)32-26(34)33-11-5-6-16-8-10-18(31-23(16)33)24(37-3)38-4/h8,10,12-14,24H,5-7,9,11H2,1-4H3,(H,29,30,32,34). The van der Waals surface area contributed by atoms with E-state index in [9.17, 15) is 13.6 Å². The summed E-state index contributed by atoms with van der Waals surface area (Å²) in [5.41, 5.74) is 1.96. The van der Waals surface area contributed by atoms with Gasteiger partial charge >= 0.3 is 6.03 Å². The fourth-order valence-electron chi connectivity index (χ4n) is 4.26. The highest BCUT2D eigenvalue weighted by atomic mass is 19.1. The lowest BCUT2D eigenvalue weighted by Gasteiger charge is -2.29. The van der Waals surface area contributed by atoms with Crippen molar-refractivity contribution >= 4 is 17.8 Å². The smallest absolute Gasteiger partial charge is 0.329 e. The third kappa shape index (κ3) is 5.65. The van der Waals surface area contributed by atoms with Gasteiger partial charge in [-0.05, 0) is 42.9 Å². The van der Waals surface area contributed by atoms with E-state index in [1.54, 1.807) is 0 Å². The van der Waals surface area contributed by atoms with Crippen LogP contribution in [-0.4, -0.2) is 56.0 Å². The van der Waals surface area contributed by atoms with E-state index in [1.807, 2.05) is 12.1 Å². The summed E-state index contributed by atoms with van der Waals surface area (Å²) in [6.07, 6.45) is 4.20. The zero-order valence-electron chi connectivity index (χ0n) is 21.6. The number of pyridine rings is 1. The number of halogens is 2. The SMILES string of the molecule is COc1cc(OC)c(F)c(CCc2cnc(NC(=O)N3CCCc4ccc(C(OC)OC)nc43)nc2)c1F. The minimum absolute atomic E-state index is 0.0306. The first-order chi connectivity index (χ1) is 18.4. The Morgan fingerprint density at radius 2 is 1.68 bits per heavy atom. The number of amides is 2. The summed E-state index contributed by atoms with van der Waals surface area (Å²) in [5, 5.41) is 2.69. The largest absolute Gasteiger partial charge is 0.494 e. The van der Waals surface area contributed by atoms with Crippen LogP contribution in [0.1, 0.15) is 35.1 Å². The topological polar surface area (TPSA) is 108 Å². The number of carbonyl (C=O) groups excluding carboxylic acids is 1. The van der Waals surface area contributed by atoms with Crippen LogP contribution in [0.15, 0.2) is 30.6 Å². The molecule has 2 aromatic heterocycles. The molecule has 0 fully saturated rings. The fraction of sp³-hybridized carbons (Fsp3) is 0.385. The average molecular weight is 530 g/mol. The highest BCUT2D eigenvalue weighted by molar-refractivity contribution is 6.00. The first-order valence-electron chi connectivity index (χ1n) is 11.9. The normalized spacial score (nSPS) is 12.9. The highest BCUT2D eigenvalue weighted by Crippen LogP contribution is 2.32. The maximum absolute atomic E-state index is 14.6. The van der Waals surface area contributed by atoms with Crippen LogP contribution >= 0.6 is 0 Å². The first-order valence-corrected chi connectivity index (χ1v) is 11.9. The van der Waals surface area contributed by atoms with Gasteiger partial charge in [-0.3, -0.25) is 10.2 Å². The van der Waals surface area contributed by atoms with Gasteiger partial charge in [0.15, 0.2) is 23.1 Å². The van der Waals surface area contributed by atoms with Crippen molar-refractivity contribution in [2.45, 2.75) is 32.0 Å². The molecule has 0 aliphatic carbocycles. The number of benzene rings is 1. The summed E-state index contributed by atoms with van der Waals surface area (Å²) >= 11 is 0. The minimum atomic E-state index is -0.781. The predicted molar refractivity (Wildman–Crippen MR) is 135 cm³/mol. The average Bonchev–Trinajstić information content (AvgIpc) is 2.94. The number of hydrogen-bond acceptors (Lipinski definition) is 8. The Kier molecular flexibility index (Phi) is 8.64. The second-order valence-electron chi connectivity index (χ2n) is 8.51. The number of aryl methyl sites for hydroxylation is 2. The van der Waals surface area contributed by atoms with E-state index in [4.69, 9.17) is 18.9 Å². The van der Waals surface area contributed by atoms with Crippen molar-refractivity contribution in [2.75, 3.05) is 45.2 Å². The number of aromatic nitrogens is 3. The molecular formula is C26H29F2N5O5. The monoisotopic (exact) mass is 529 g/mol. The van der Waals surface area contributed by atoms with E-state index in [0.717, 1.165) is 18.4 Å². The molecule has 10 nitrogen and oxygen atoms in total. The quantitative estimate of drug-likeness (QED) is 0.411. The van der Waals surface area contributed by atoms with Gasteiger partial charge in [-0.25, -0.2) is 28.5 Å². The van der Waals surface area contributed by atoms with Crippen molar-refractivity contribution in [3.8, 4) is 11.5 Å². The van der Waals surface area contributed by atoms with Crippen LogP contribution in [0.4, 0.5) is 25.3 Å². The zero-order valence-corrected chi connectivity index (χ0v) is 21.6. The minimum Gasteiger partial charge on any atom is -0.494 e. The van der Waals surface area contributed by atoms with Gasteiger partial charge in [0.25, 0.3) is 0 Å². The van der Waals surface area contributed by atoms with E-state index in [2.05, 4.69) is 20.3 Å². The summed E-state index contributed by atoms with van der Waals surface area (Å²) in [4.78, 5) is 27.6. The van der Waals surface area contributed by atoms with Gasteiger partial charge in [-0.15, -0.1) is 0 Å². The molecule has 3 heterocycles. The molecule has 1 aliphatic rings. The third-order valence-corrected chi connectivity index (χ3v) is 6.23. The molecule has 0 unspecified atom stereocenters. The molecule has 1 aliphatic heterocycles. The van der Waals surface area contributed by atoms with Gasteiger partial charge in [0.2, 0.25) is 12.2 Å². The Morgan fingerprint density at radius 1 is 1.03 bits per heavy atom. The molecule has 0 radical (unpaired) electrons. The van der Waals surface area contributed by atoms with E-state index in [-0.39, 0.29) is 35.9 Å². The number of carbonyl (C=O) groups is 1. The molecule has 1 aromatic carbocycles. The zero-order chi connectivity index (χ0) is 27.2. The maximum Gasteiger partial charge on any atom is 0.329 e. The lowest BCUT2D eigenvalue weighted by molar-refractivity contribution is -0.108. The Bertz CT molecular complexity index is 1260. The lowest BCUT2D eigenvalue weighted by atomic mass is 10.0. The molecule has 1 N–H and O–H groups in total. The summed E-state index contributed by atoms with van der Waals surface area (Å²) < 4.78 is 49.8. The van der Waals surface area contributed by atoms with E-state index in [1.165, 1.54) is 51.8 Å². The number of rotatable bonds is 9. The van der Waals surface area contributed by atoms with Crippen molar-refractivity contribution < 1.29 is 32.5 Å². The van der Waals surface area contributed by atoms with Gasteiger partial charge in [0.05, 0.1) is 19.9 Å². The van der Waals surface area contributed by atoms with Crippen molar-refractivity contribution in [1.82, 2.24) is 15.0 Å². The van der Waals surface area contributed by atoms with Crippen molar-refractivity contribution in [3.05, 3.63) is 64.6 Å². The number of methoxy groups -OCH3 is 4. The Hall–Kier alpha value is -3.90. The van der Waals surface area contributed by atoms with Crippen LogP contribution in [0.25, 0.3) is 0 Å². The van der Waals surface area contributed by atoms with E-state index >= 15 is 0 Å². The van der Waals surface area contributed by atoms with Gasteiger partial charge in [-0.1, -0.05) is 6.07 Å². The first kappa shape index (κ1) is 27.1. The Balaban J connectivity index is 1.44. The fourth-order valence-corrected chi connectivity index (χ4v) is 4.26. The lowest BCUT2D eigenvalue weighted by Crippen LogP contribution is -2.40. The van der Waals surface area contributed by atoms with Crippen LogP contribution in [0.3, 0.4) is 0 Å². The van der Waals surface area contributed by atoms with Gasteiger partial charge in [0, 0.05) is 44.8 Å². The van der Waals surface area contributed by atoms with Crippen LogP contribution in [0.5, 0.6) is 11.5 Å². The number of anilines is 2. The molecule has 12 heteroatoms. The van der Waals surface area contributed by atoms with E-state index in [0.29, 0.717) is 23.6 Å². The number of ether oxygens (including phenoxy) is 4. The van der Waals surface area contributed by atoms with Gasteiger partial charge < -0.3 is 18.9 Å². The van der Waals surface area contributed by atoms with Crippen LogP contribution in [-0.2, 0) is 28.7 Å². The third-order valence-electron chi connectivity index (χ3n) is 6.23. The molecule has 0 saturated carbocycles. The maximum atomic E-state index is 14.6. The van der Waals surface area contributed by atoms with Crippen molar-refractivity contribution in [3.63, 3.8) is 0 Å². The molecule has 38 heavy (non-hydrogen) atoms. The molecule has 0 spiro atoms. The predicted octanol–water partition coefficient (Wildman–Crippen LogP) is 4.23. The highest BCUT2D eigenvalue weighted by Gasteiger charge is 2.26. The summed E-state index contributed by atoms with van der Waals surface area (Å²) in [7, 11) is 5.63. The molecule has 202 valence electrons. The second-order valence-corrected chi connectivity index (χ2v) is 8.51. The number of nitrogens with one attached hydrogen (secondary N) is 1. The van der Waals surface area contributed by atoms with E-state index < -0.39 is 24.0 Å². The Labute approximate surface area is 218 Å². The summed E-state index contributed by atoms with van der Waals surface area (Å²) in [5.74, 6) is -1.15. The molecule has 0 atom stereocenters. The van der Waals surface area contributed by atoms with Crippen LogP contribution in [0, 0.1) is 11.6 Å². The number of urea groups is 1. The molecule has 0 saturated heterocycles. The van der Waals surface area contributed by atoms with Crippen LogP contribution in [0.2, 0.25) is 0 Å². The number of nitrogens with zero attached hydrogens (tertiary/aromatic N) is 4. The van der Waals surface area contributed by atoms with Crippen molar-refractivity contribution in [1.29, 1.82) is 0 Å². The van der Waals surface area contributed by atoms with Crippen LogP contribution < -0.4 is 19.7 Å². The summed E-state index contributed by atoms with van der Waals surface area (Å²) in [6, 6.07) is 4.47. The number of hydrogen-bond donors (Lipinski definition) is 1. The molecular weight excluding hydrogens is 500 g/mol. The molecule has 0 bridgehead atoms. The molecule has 3 aromatic rings. The van der Waals surface area contributed by atoms with Gasteiger partial charge in [-0.2, -0.15) is 0 Å². The van der Waals surface area contributed by atoms with Gasteiger partial charge in [0.1, 0.15) is 5.82 Å². The van der Waals surface area contributed by atoms with Crippen molar-refractivity contribution in [2.24, 2.45) is 0 Å². The molecule has 2 amide bonds. The summed E-state index contributed by atoms with van der Waals surface area (Å²) in [6.45, 7) is 0.471. The molecule has 4 rings (SSSR count). The number of fused-ring (bicyclic) bond motifs is 1.